The highest BCUT2D eigenvalue weighted by molar-refractivity contribution is 7.00. The fourth-order valence-corrected chi connectivity index (χ4v) is 14.8. The molecule has 0 N–H and O–H groups in total. The minimum atomic E-state index is -0.0603. The van der Waals surface area contributed by atoms with Gasteiger partial charge in [0, 0.05) is 39.9 Å². The van der Waals surface area contributed by atoms with E-state index in [1.807, 2.05) is 0 Å². The van der Waals surface area contributed by atoms with Crippen molar-refractivity contribution in [2.24, 2.45) is 0 Å². The lowest BCUT2D eigenvalue weighted by molar-refractivity contribution is 0.403. The molecule has 0 spiro atoms. The third kappa shape index (κ3) is 8.13. The van der Waals surface area contributed by atoms with Crippen LogP contribution in [0.15, 0.2) is 170 Å². The molecule has 0 radical (unpaired) electrons. The van der Waals surface area contributed by atoms with Gasteiger partial charge >= 0.3 is 0 Å². The van der Waals surface area contributed by atoms with Crippen LogP contribution in [0.1, 0.15) is 166 Å². The molecule has 3 heteroatoms. The summed E-state index contributed by atoms with van der Waals surface area (Å²) in [7, 11) is 0. The quantitative estimate of drug-likeness (QED) is 0.147. The van der Waals surface area contributed by atoms with Gasteiger partial charge in [-0.25, -0.2) is 0 Å². The predicted molar refractivity (Wildman–Crippen MR) is 323 cm³/mol. The summed E-state index contributed by atoms with van der Waals surface area (Å²) in [5.74, 6) is 0.0831. The van der Waals surface area contributed by atoms with E-state index in [1.165, 1.54) is 112 Å². The van der Waals surface area contributed by atoms with Crippen molar-refractivity contribution in [3.8, 4) is 11.1 Å². The Kier molecular flexibility index (Phi) is 11.2. The average molecular weight is 981 g/mol. The highest BCUT2D eigenvalue weighted by Crippen LogP contribution is 2.56. The Hall–Kier alpha value is -6.58. The summed E-state index contributed by atoms with van der Waals surface area (Å²) in [4.78, 5) is 5.43. The lowest BCUT2D eigenvalue weighted by Crippen LogP contribution is -2.62. The number of fused-ring (bicyclic) bond motifs is 6. The van der Waals surface area contributed by atoms with Gasteiger partial charge in [0.25, 0.3) is 6.71 Å². The molecular formula is C72H77BN2. The Balaban J connectivity index is 1.25. The molecule has 8 aromatic carbocycles. The van der Waals surface area contributed by atoms with Gasteiger partial charge in [-0.2, -0.15) is 0 Å². The highest BCUT2D eigenvalue weighted by Gasteiger charge is 2.50. The first-order valence-corrected chi connectivity index (χ1v) is 28.0. The molecule has 0 saturated heterocycles. The summed E-state index contributed by atoms with van der Waals surface area (Å²) in [5.41, 5.74) is 26.8. The normalized spacial score (nSPS) is 17.7. The fraction of sp³-hybridized carbons (Fsp3) is 0.333. The molecule has 0 amide bonds. The smallest absolute Gasteiger partial charge is 0.252 e. The van der Waals surface area contributed by atoms with E-state index >= 15 is 0 Å². The van der Waals surface area contributed by atoms with E-state index in [9.17, 15) is 0 Å². The Labute approximate surface area is 450 Å². The molecule has 75 heavy (non-hydrogen) atoms. The molecule has 12 rings (SSSR count). The molecule has 2 heterocycles. The Morgan fingerprint density at radius 1 is 0.427 bits per heavy atom. The van der Waals surface area contributed by atoms with Crippen molar-refractivity contribution in [2.45, 2.75) is 155 Å². The molecule has 0 aromatic heterocycles. The zero-order valence-corrected chi connectivity index (χ0v) is 47.3. The maximum atomic E-state index is 2.74. The van der Waals surface area contributed by atoms with Gasteiger partial charge in [0.1, 0.15) is 0 Å². The summed E-state index contributed by atoms with van der Waals surface area (Å²) in [6.45, 7) is 33.9. The molecule has 4 aliphatic rings. The number of nitrogens with zero attached hydrogens (tertiary/aromatic N) is 2. The third-order valence-electron chi connectivity index (χ3n) is 18.1. The molecule has 0 saturated carbocycles. The van der Waals surface area contributed by atoms with Crippen LogP contribution in [0.4, 0.5) is 34.1 Å². The first kappa shape index (κ1) is 49.3. The minimum absolute atomic E-state index is 0.0125. The van der Waals surface area contributed by atoms with Gasteiger partial charge in [-0.05, 0) is 172 Å². The molecule has 2 aliphatic carbocycles. The largest absolute Gasteiger partial charge is 0.311 e. The van der Waals surface area contributed by atoms with Crippen LogP contribution in [0.5, 0.6) is 0 Å². The predicted octanol–water partition coefficient (Wildman–Crippen LogP) is 17.3. The molecule has 1 atom stereocenters. The second kappa shape index (κ2) is 17.0. The first-order chi connectivity index (χ1) is 35.4. The van der Waals surface area contributed by atoms with Crippen LogP contribution in [0.25, 0.3) is 11.1 Å². The van der Waals surface area contributed by atoms with Crippen LogP contribution >= 0.6 is 0 Å². The summed E-state index contributed by atoms with van der Waals surface area (Å²) in [6.07, 6.45) is 3.11. The molecule has 8 aromatic rings. The van der Waals surface area contributed by atoms with Crippen molar-refractivity contribution in [2.75, 3.05) is 9.80 Å². The van der Waals surface area contributed by atoms with Crippen molar-refractivity contribution < 1.29 is 0 Å². The highest BCUT2D eigenvalue weighted by atomic mass is 15.2. The molecule has 0 fully saturated rings. The van der Waals surface area contributed by atoms with Crippen molar-refractivity contribution >= 4 is 57.2 Å². The summed E-state index contributed by atoms with van der Waals surface area (Å²) >= 11 is 0. The van der Waals surface area contributed by atoms with Crippen molar-refractivity contribution in [3.05, 3.63) is 220 Å². The van der Waals surface area contributed by atoms with Crippen molar-refractivity contribution in [1.29, 1.82) is 0 Å². The summed E-state index contributed by atoms with van der Waals surface area (Å²) in [5, 5.41) is 0. The summed E-state index contributed by atoms with van der Waals surface area (Å²) < 4.78 is 0. The van der Waals surface area contributed by atoms with Crippen molar-refractivity contribution in [1.82, 2.24) is 0 Å². The molecule has 1 unspecified atom stereocenters. The SMILES string of the molecule is CC(C)(C)c1ccc2c(c1)B1c3cc4c(cc3N(c3ccc5c(c3)C(C)(C)CC5(C)C)c3cc(C(Cc5ccccc5)c5ccccc5)cc(c31)N2c1ccc(C(C)(C)C)cc1-c1ccccc1)C(C)(C)CC4(C)C. The molecule has 0 bridgehead atoms. The van der Waals surface area contributed by atoms with Gasteiger partial charge in [-0.15, -0.1) is 0 Å². The van der Waals surface area contributed by atoms with Gasteiger partial charge in [0.15, 0.2) is 0 Å². The second-order valence-corrected chi connectivity index (χ2v) is 27.7. The zero-order valence-electron chi connectivity index (χ0n) is 47.3. The minimum Gasteiger partial charge on any atom is -0.311 e. The lowest BCUT2D eigenvalue weighted by atomic mass is 9.33. The Morgan fingerprint density at radius 2 is 0.933 bits per heavy atom. The maximum Gasteiger partial charge on any atom is 0.252 e. The van der Waals surface area contributed by atoms with Crippen LogP contribution in [0.2, 0.25) is 0 Å². The Bertz CT molecular complexity index is 3550. The van der Waals surface area contributed by atoms with E-state index in [0.717, 1.165) is 19.3 Å². The first-order valence-electron chi connectivity index (χ1n) is 28.0. The monoisotopic (exact) mass is 981 g/mol. The number of hydrogen-bond acceptors (Lipinski definition) is 2. The summed E-state index contributed by atoms with van der Waals surface area (Å²) in [6, 6.07) is 66.6. The molecule has 2 nitrogen and oxygen atoms in total. The van der Waals surface area contributed by atoms with E-state index in [1.54, 1.807) is 0 Å². The number of rotatable bonds is 7. The van der Waals surface area contributed by atoms with E-state index in [0.29, 0.717) is 0 Å². The lowest BCUT2D eigenvalue weighted by Gasteiger charge is -2.46. The topological polar surface area (TPSA) is 6.48 Å². The maximum absolute atomic E-state index is 2.74. The van der Waals surface area contributed by atoms with Gasteiger partial charge in [-0.3, -0.25) is 0 Å². The number of hydrogen-bond donors (Lipinski definition) is 0. The molecule has 378 valence electrons. The van der Waals surface area contributed by atoms with Crippen LogP contribution in [-0.2, 0) is 38.9 Å². The standard InChI is InChI=1S/C72H77BN2/c1-67(2,3)50-30-34-61(54(39-50)48-28-22-17-23-29-48)75-62-35-31-51(68(4,5)6)40-59(62)73-60-42-57-58(72(13,14)45-71(57,11)12)43-63(60)74(52-32-33-55-56(41-52)70(9,10)44-69(55,7)8)64-37-49(38-65(75)66(64)73)53(47-26-20-16-21-27-47)36-46-24-18-15-19-25-46/h15-35,37-43,53H,36,44-45H2,1-14H3. The zero-order chi connectivity index (χ0) is 52.8. The third-order valence-corrected chi connectivity index (χ3v) is 18.1. The van der Waals surface area contributed by atoms with Crippen LogP contribution in [0, 0.1) is 0 Å². The van der Waals surface area contributed by atoms with Crippen LogP contribution < -0.4 is 26.2 Å². The second-order valence-electron chi connectivity index (χ2n) is 27.7. The molecular weight excluding hydrogens is 904 g/mol. The van der Waals surface area contributed by atoms with Gasteiger partial charge in [0.05, 0.1) is 5.69 Å². The average Bonchev–Trinajstić information content (AvgIpc) is 3.76. The van der Waals surface area contributed by atoms with Gasteiger partial charge in [0.2, 0.25) is 0 Å². The van der Waals surface area contributed by atoms with Crippen molar-refractivity contribution in [3.63, 3.8) is 0 Å². The molecule has 2 aliphatic heterocycles. The Morgan fingerprint density at radius 3 is 1.55 bits per heavy atom. The number of anilines is 6. The van der Waals surface area contributed by atoms with Gasteiger partial charge in [-0.1, -0.05) is 218 Å². The van der Waals surface area contributed by atoms with E-state index in [2.05, 4.69) is 277 Å². The van der Waals surface area contributed by atoms with E-state index < -0.39 is 0 Å². The van der Waals surface area contributed by atoms with Crippen LogP contribution in [-0.4, -0.2) is 6.71 Å². The van der Waals surface area contributed by atoms with E-state index in [-0.39, 0.29) is 45.1 Å². The van der Waals surface area contributed by atoms with Crippen LogP contribution in [0.3, 0.4) is 0 Å². The van der Waals surface area contributed by atoms with E-state index in [4.69, 9.17) is 0 Å². The number of benzene rings is 8. The fourth-order valence-electron chi connectivity index (χ4n) is 14.8. The van der Waals surface area contributed by atoms with Gasteiger partial charge < -0.3 is 9.80 Å².